The van der Waals surface area contributed by atoms with Crippen LogP contribution in [0, 0.1) is 10.1 Å². The van der Waals surface area contributed by atoms with Crippen LogP contribution in [-0.4, -0.2) is 68.5 Å². The van der Waals surface area contributed by atoms with Crippen molar-refractivity contribution in [3.8, 4) is 0 Å². The maximum absolute atomic E-state index is 12.4. The lowest BCUT2D eigenvalue weighted by Crippen LogP contribution is -2.66. The number of benzene rings is 1. The molecule has 26 heavy (non-hydrogen) atoms. The standard InChI is InChI=1S/C16H22N2O7S/c1-2-11(26)15-14(21)12(13(20)10(7-19)25-15)17-16(22)8-3-5-9(6-4-8)18(23)24/h3-6,10-15,19-21,26H,2,7H2,1H3,(H,17,22)/t10?,11?,12-,13-,14?,15-/m0/s1. The topological polar surface area (TPSA) is 142 Å². The predicted octanol–water partition coefficient (Wildman–Crippen LogP) is -0.117. The average molecular weight is 386 g/mol. The van der Waals surface area contributed by atoms with Gasteiger partial charge in [0.15, 0.2) is 0 Å². The van der Waals surface area contributed by atoms with Crippen LogP contribution >= 0.6 is 12.6 Å². The summed E-state index contributed by atoms with van der Waals surface area (Å²) in [7, 11) is 0. The second kappa shape index (κ2) is 8.78. The largest absolute Gasteiger partial charge is 0.394 e. The van der Waals surface area contributed by atoms with Crippen LogP contribution in [0.25, 0.3) is 0 Å². The molecule has 1 aliphatic heterocycles. The quantitative estimate of drug-likeness (QED) is 0.261. The van der Waals surface area contributed by atoms with Crippen molar-refractivity contribution in [3.05, 3.63) is 39.9 Å². The van der Waals surface area contributed by atoms with Crippen molar-refractivity contribution in [3.63, 3.8) is 0 Å². The highest BCUT2D eigenvalue weighted by atomic mass is 32.1. The minimum Gasteiger partial charge on any atom is -0.394 e. The van der Waals surface area contributed by atoms with Gasteiger partial charge in [-0.25, -0.2) is 0 Å². The van der Waals surface area contributed by atoms with Gasteiger partial charge in [0.25, 0.3) is 11.6 Å². The van der Waals surface area contributed by atoms with Gasteiger partial charge in [-0.15, -0.1) is 0 Å². The van der Waals surface area contributed by atoms with Crippen molar-refractivity contribution in [1.29, 1.82) is 0 Å². The SMILES string of the molecule is CCC(S)[C@@H]1OC(CO)[C@H](O)[C@H](NC(=O)c2ccc([N+](=O)[O-])cc2)C1O. The first-order valence-electron chi connectivity index (χ1n) is 8.16. The van der Waals surface area contributed by atoms with E-state index in [1.165, 1.54) is 24.3 Å². The van der Waals surface area contributed by atoms with Gasteiger partial charge in [-0.1, -0.05) is 6.92 Å². The normalized spacial score (nSPS) is 29.8. The smallest absolute Gasteiger partial charge is 0.269 e. The number of nitrogens with zero attached hydrogens (tertiary/aromatic N) is 1. The molecule has 0 radical (unpaired) electrons. The molecule has 1 fully saturated rings. The third kappa shape index (κ3) is 4.33. The Morgan fingerprint density at radius 3 is 2.46 bits per heavy atom. The molecule has 1 aromatic rings. The molecule has 0 spiro atoms. The van der Waals surface area contributed by atoms with Crippen LogP contribution in [0.3, 0.4) is 0 Å². The molecule has 144 valence electrons. The van der Waals surface area contributed by atoms with Gasteiger partial charge >= 0.3 is 0 Å². The summed E-state index contributed by atoms with van der Waals surface area (Å²) in [5.41, 5.74) is -0.0227. The number of nitrogens with one attached hydrogen (secondary N) is 1. The highest BCUT2D eigenvalue weighted by Gasteiger charge is 2.46. The zero-order chi connectivity index (χ0) is 19.4. The number of nitro benzene ring substituents is 1. The first-order chi connectivity index (χ1) is 12.3. The highest BCUT2D eigenvalue weighted by molar-refractivity contribution is 7.81. The summed E-state index contributed by atoms with van der Waals surface area (Å²) in [5.74, 6) is -0.618. The van der Waals surface area contributed by atoms with Gasteiger partial charge < -0.3 is 25.4 Å². The van der Waals surface area contributed by atoms with Crippen LogP contribution in [-0.2, 0) is 4.74 Å². The van der Waals surface area contributed by atoms with Crippen LogP contribution in [0.15, 0.2) is 24.3 Å². The molecule has 1 amide bonds. The van der Waals surface area contributed by atoms with E-state index < -0.39 is 47.9 Å². The molecule has 1 saturated heterocycles. The van der Waals surface area contributed by atoms with Crippen molar-refractivity contribution >= 4 is 24.2 Å². The van der Waals surface area contributed by atoms with E-state index in [0.717, 1.165) is 0 Å². The third-order valence-corrected chi connectivity index (χ3v) is 5.06. The van der Waals surface area contributed by atoms with E-state index >= 15 is 0 Å². The Kier molecular flexibility index (Phi) is 6.95. The van der Waals surface area contributed by atoms with E-state index in [9.17, 15) is 30.2 Å². The molecule has 1 aromatic carbocycles. The lowest BCUT2D eigenvalue weighted by Gasteiger charge is -2.44. The zero-order valence-electron chi connectivity index (χ0n) is 14.1. The number of ether oxygens (including phenoxy) is 1. The van der Waals surface area contributed by atoms with Crippen molar-refractivity contribution in [2.75, 3.05) is 6.61 Å². The molecule has 0 saturated carbocycles. The second-order valence-electron chi connectivity index (χ2n) is 6.08. The van der Waals surface area contributed by atoms with Gasteiger partial charge in [0, 0.05) is 22.9 Å². The predicted molar refractivity (Wildman–Crippen MR) is 95.2 cm³/mol. The molecular formula is C16H22N2O7S. The number of carbonyl (C=O) groups is 1. The molecule has 6 atom stereocenters. The van der Waals surface area contributed by atoms with Gasteiger partial charge in [0.05, 0.1) is 23.7 Å². The van der Waals surface area contributed by atoms with Crippen LogP contribution in [0.4, 0.5) is 5.69 Å². The number of nitro groups is 1. The van der Waals surface area contributed by atoms with Crippen LogP contribution in [0.1, 0.15) is 23.7 Å². The van der Waals surface area contributed by atoms with Crippen molar-refractivity contribution < 1.29 is 29.8 Å². The molecule has 9 nitrogen and oxygen atoms in total. The van der Waals surface area contributed by atoms with Gasteiger partial charge in [0.1, 0.15) is 18.3 Å². The van der Waals surface area contributed by atoms with E-state index in [1.807, 2.05) is 6.92 Å². The third-order valence-electron chi connectivity index (χ3n) is 4.40. The monoisotopic (exact) mass is 386 g/mol. The maximum Gasteiger partial charge on any atom is 0.269 e. The summed E-state index contributed by atoms with van der Waals surface area (Å²) in [4.78, 5) is 22.5. The molecule has 0 bridgehead atoms. The number of hydrogen-bond donors (Lipinski definition) is 5. The number of rotatable bonds is 6. The maximum atomic E-state index is 12.4. The number of non-ortho nitro benzene ring substituents is 1. The Labute approximate surface area is 155 Å². The van der Waals surface area contributed by atoms with Crippen LogP contribution in [0.2, 0.25) is 0 Å². The second-order valence-corrected chi connectivity index (χ2v) is 6.75. The molecular weight excluding hydrogens is 364 g/mol. The van der Waals surface area contributed by atoms with Gasteiger partial charge in [-0.05, 0) is 18.6 Å². The molecule has 4 N–H and O–H groups in total. The van der Waals surface area contributed by atoms with Gasteiger partial charge in [-0.3, -0.25) is 14.9 Å². The molecule has 0 aliphatic carbocycles. The number of aliphatic hydroxyl groups excluding tert-OH is 3. The Morgan fingerprint density at radius 1 is 1.35 bits per heavy atom. The van der Waals surface area contributed by atoms with E-state index in [1.54, 1.807) is 0 Å². The minimum absolute atomic E-state index is 0.136. The lowest BCUT2D eigenvalue weighted by atomic mass is 9.90. The summed E-state index contributed by atoms with van der Waals surface area (Å²) >= 11 is 4.35. The van der Waals surface area contributed by atoms with Gasteiger partial charge in [-0.2, -0.15) is 12.6 Å². The van der Waals surface area contributed by atoms with Crippen LogP contribution < -0.4 is 5.32 Å². The Morgan fingerprint density at radius 2 is 1.96 bits per heavy atom. The molecule has 1 aliphatic rings. The number of aliphatic hydroxyl groups is 3. The first-order valence-corrected chi connectivity index (χ1v) is 8.67. The fourth-order valence-electron chi connectivity index (χ4n) is 2.84. The number of thiol groups is 1. The average Bonchev–Trinajstić information content (AvgIpc) is 2.64. The summed E-state index contributed by atoms with van der Waals surface area (Å²) in [6.45, 7) is 1.36. The summed E-state index contributed by atoms with van der Waals surface area (Å²) in [6, 6.07) is 3.84. The fourth-order valence-corrected chi connectivity index (χ4v) is 3.09. The first kappa shape index (κ1) is 20.6. The molecule has 3 unspecified atom stereocenters. The molecule has 2 rings (SSSR count). The highest BCUT2D eigenvalue weighted by Crippen LogP contribution is 2.27. The lowest BCUT2D eigenvalue weighted by molar-refractivity contribution is -0.384. The van der Waals surface area contributed by atoms with E-state index in [2.05, 4.69) is 17.9 Å². The van der Waals surface area contributed by atoms with E-state index in [-0.39, 0.29) is 16.5 Å². The number of amides is 1. The zero-order valence-corrected chi connectivity index (χ0v) is 15.0. The number of hydrogen-bond acceptors (Lipinski definition) is 8. The van der Waals surface area contributed by atoms with Gasteiger partial charge in [0.2, 0.25) is 0 Å². The minimum atomic E-state index is -1.33. The van der Waals surface area contributed by atoms with Crippen molar-refractivity contribution in [2.45, 2.75) is 49.1 Å². The fraction of sp³-hybridized carbons (Fsp3) is 0.562. The number of carbonyl (C=O) groups excluding carboxylic acids is 1. The molecule has 10 heteroatoms. The van der Waals surface area contributed by atoms with Crippen LogP contribution in [0.5, 0.6) is 0 Å². The Balaban J connectivity index is 2.18. The summed E-state index contributed by atoms with van der Waals surface area (Å²) < 4.78 is 5.52. The Hall–Kier alpha value is -1.72. The summed E-state index contributed by atoms with van der Waals surface area (Å²) in [6.07, 6.45) is -3.76. The van der Waals surface area contributed by atoms with Crippen molar-refractivity contribution in [2.24, 2.45) is 0 Å². The van der Waals surface area contributed by atoms with E-state index in [4.69, 9.17) is 4.74 Å². The van der Waals surface area contributed by atoms with E-state index in [0.29, 0.717) is 6.42 Å². The molecule has 1 heterocycles. The molecule has 0 aromatic heterocycles. The Bertz CT molecular complexity index is 642. The van der Waals surface area contributed by atoms with Crippen molar-refractivity contribution in [1.82, 2.24) is 5.32 Å². The summed E-state index contributed by atoms with van der Waals surface area (Å²) in [5, 5.41) is 43.1.